The van der Waals surface area contributed by atoms with Crippen LogP contribution in [0.15, 0.2) is 12.4 Å². The lowest BCUT2D eigenvalue weighted by molar-refractivity contribution is 0.168. The lowest BCUT2D eigenvalue weighted by Crippen LogP contribution is -2.36. The van der Waals surface area contributed by atoms with Crippen LogP contribution in [0.2, 0.25) is 0 Å². The zero-order chi connectivity index (χ0) is 7.40. The molecule has 1 rings (SSSR count). The number of nitrogens with zero attached hydrogens (tertiary/aromatic N) is 1. The quantitative estimate of drug-likeness (QED) is 0.399. The first-order valence-electron chi connectivity index (χ1n) is 3.34. The van der Waals surface area contributed by atoms with Crippen LogP contribution >= 0.6 is 0 Å². The fourth-order valence-electron chi connectivity index (χ4n) is 0.978. The molecule has 1 aliphatic rings. The number of hydrazine groups is 1. The van der Waals surface area contributed by atoms with Gasteiger partial charge in [0.15, 0.2) is 0 Å². The van der Waals surface area contributed by atoms with E-state index in [9.17, 15) is 0 Å². The summed E-state index contributed by atoms with van der Waals surface area (Å²) in [6.07, 6.45) is 4.07. The molecule has 0 amide bonds. The minimum atomic E-state index is 0.305. The van der Waals surface area contributed by atoms with Crippen LogP contribution in [-0.4, -0.2) is 24.3 Å². The number of rotatable bonds is 2. The minimum absolute atomic E-state index is 0.305. The Morgan fingerprint density at radius 3 is 2.90 bits per heavy atom. The van der Waals surface area contributed by atoms with E-state index in [2.05, 4.69) is 0 Å². The zero-order valence-corrected chi connectivity index (χ0v) is 5.86. The topological polar surface area (TPSA) is 64.5 Å². The van der Waals surface area contributed by atoms with Crippen molar-refractivity contribution in [3.63, 3.8) is 0 Å². The van der Waals surface area contributed by atoms with Crippen LogP contribution < -0.4 is 11.6 Å². The summed E-state index contributed by atoms with van der Waals surface area (Å²) >= 11 is 0. The molecule has 1 unspecified atom stereocenters. The summed E-state index contributed by atoms with van der Waals surface area (Å²) in [4.78, 5) is 0. The second-order valence-corrected chi connectivity index (χ2v) is 2.31. The van der Waals surface area contributed by atoms with Crippen molar-refractivity contribution in [2.75, 3.05) is 13.2 Å². The third-order valence-corrected chi connectivity index (χ3v) is 1.59. The third-order valence-electron chi connectivity index (χ3n) is 1.59. The predicted molar refractivity (Wildman–Crippen MR) is 38.6 cm³/mol. The highest BCUT2D eigenvalue weighted by atomic mass is 16.5. The van der Waals surface area contributed by atoms with Crippen LogP contribution in [0.5, 0.6) is 0 Å². The van der Waals surface area contributed by atoms with Gasteiger partial charge in [-0.1, -0.05) is 0 Å². The summed E-state index contributed by atoms with van der Waals surface area (Å²) in [6.45, 7) is 1.51. The van der Waals surface area contributed by atoms with Crippen LogP contribution in [0.1, 0.15) is 6.42 Å². The summed E-state index contributed by atoms with van der Waals surface area (Å²) in [7, 11) is 0. The third kappa shape index (κ3) is 1.62. The molecule has 58 valence electrons. The van der Waals surface area contributed by atoms with Gasteiger partial charge < -0.3 is 15.5 Å². The van der Waals surface area contributed by atoms with E-state index in [1.54, 1.807) is 11.2 Å². The molecular formula is C6H13N3O. The van der Waals surface area contributed by atoms with Gasteiger partial charge in [0, 0.05) is 19.0 Å². The van der Waals surface area contributed by atoms with E-state index in [1.165, 1.54) is 6.20 Å². The molecule has 0 saturated carbocycles. The highest BCUT2D eigenvalue weighted by Gasteiger charge is 2.17. The van der Waals surface area contributed by atoms with Crippen molar-refractivity contribution in [1.29, 1.82) is 0 Å². The first-order valence-corrected chi connectivity index (χ1v) is 3.34. The predicted octanol–water partition coefficient (Wildman–Crippen LogP) is -0.619. The van der Waals surface area contributed by atoms with E-state index in [-0.39, 0.29) is 0 Å². The maximum atomic E-state index is 5.58. The fraction of sp³-hybridized carbons (Fsp3) is 0.667. The van der Waals surface area contributed by atoms with Gasteiger partial charge in [-0.15, -0.1) is 0 Å². The number of nitrogens with two attached hydrogens (primary N) is 2. The normalized spacial score (nSPS) is 25.9. The van der Waals surface area contributed by atoms with Gasteiger partial charge in [0.1, 0.15) is 0 Å². The highest BCUT2D eigenvalue weighted by Crippen LogP contribution is 2.08. The van der Waals surface area contributed by atoms with Gasteiger partial charge in [-0.25, -0.2) is 5.84 Å². The Balaban J connectivity index is 2.32. The van der Waals surface area contributed by atoms with Gasteiger partial charge >= 0.3 is 0 Å². The van der Waals surface area contributed by atoms with E-state index in [0.717, 1.165) is 13.0 Å². The van der Waals surface area contributed by atoms with Gasteiger partial charge in [0.05, 0.1) is 12.6 Å². The molecule has 0 spiro atoms. The van der Waals surface area contributed by atoms with Gasteiger partial charge in [-0.05, 0) is 6.42 Å². The van der Waals surface area contributed by atoms with Crippen LogP contribution in [0.25, 0.3) is 0 Å². The van der Waals surface area contributed by atoms with E-state index in [0.29, 0.717) is 12.6 Å². The summed E-state index contributed by atoms with van der Waals surface area (Å²) in [5.41, 5.74) is 5.15. The minimum Gasteiger partial charge on any atom is -0.403 e. The van der Waals surface area contributed by atoms with E-state index >= 15 is 0 Å². The van der Waals surface area contributed by atoms with Crippen molar-refractivity contribution in [3.05, 3.63) is 12.4 Å². The molecule has 4 heteroatoms. The van der Waals surface area contributed by atoms with E-state index in [4.69, 9.17) is 16.3 Å². The standard InChI is InChI=1S/C6H13N3O/c7-2-3-9(8)6-1-4-10-5-6/h2-3,6H,1,4-5,7-8H2/b3-2-. The molecule has 0 radical (unpaired) electrons. The number of hydrogen-bond donors (Lipinski definition) is 2. The summed E-state index contributed by atoms with van der Waals surface area (Å²) in [6, 6.07) is 0.305. The molecule has 1 aliphatic heterocycles. The van der Waals surface area contributed by atoms with Gasteiger partial charge in [-0.2, -0.15) is 0 Å². The monoisotopic (exact) mass is 143 g/mol. The molecule has 1 fully saturated rings. The second-order valence-electron chi connectivity index (χ2n) is 2.31. The smallest absolute Gasteiger partial charge is 0.0701 e. The molecule has 0 aromatic carbocycles. The molecule has 0 aromatic rings. The SMILES string of the molecule is N/C=C\N(N)C1CCOC1. The Kier molecular flexibility index (Phi) is 2.53. The molecule has 0 bridgehead atoms. The number of hydrogen-bond acceptors (Lipinski definition) is 4. The first kappa shape index (κ1) is 7.37. The van der Waals surface area contributed by atoms with Crippen LogP contribution in [0, 0.1) is 0 Å². The fourth-order valence-corrected chi connectivity index (χ4v) is 0.978. The average molecular weight is 143 g/mol. The van der Waals surface area contributed by atoms with Gasteiger partial charge in [-0.3, -0.25) is 0 Å². The summed E-state index contributed by atoms with van der Waals surface area (Å²) < 4.78 is 5.13. The lowest BCUT2D eigenvalue weighted by Gasteiger charge is -2.19. The Labute approximate surface area is 60.4 Å². The van der Waals surface area contributed by atoms with E-state index < -0.39 is 0 Å². The molecule has 1 saturated heterocycles. The Hall–Kier alpha value is -0.740. The lowest BCUT2D eigenvalue weighted by atomic mass is 10.2. The molecule has 4 N–H and O–H groups in total. The molecule has 1 heterocycles. The Morgan fingerprint density at radius 2 is 2.40 bits per heavy atom. The van der Waals surface area contributed by atoms with E-state index in [1.807, 2.05) is 0 Å². The molecular weight excluding hydrogens is 130 g/mol. The first-order chi connectivity index (χ1) is 4.84. The number of ether oxygens (including phenoxy) is 1. The molecule has 4 nitrogen and oxygen atoms in total. The molecule has 1 atom stereocenters. The maximum Gasteiger partial charge on any atom is 0.0701 e. The summed E-state index contributed by atoms with van der Waals surface area (Å²) in [5, 5.41) is 1.59. The maximum absolute atomic E-state index is 5.58. The highest BCUT2D eigenvalue weighted by molar-refractivity contribution is 4.81. The van der Waals surface area contributed by atoms with Crippen molar-refractivity contribution in [1.82, 2.24) is 5.01 Å². The van der Waals surface area contributed by atoms with Crippen molar-refractivity contribution in [3.8, 4) is 0 Å². The van der Waals surface area contributed by atoms with Crippen molar-refractivity contribution in [2.24, 2.45) is 11.6 Å². The zero-order valence-electron chi connectivity index (χ0n) is 5.86. The van der Waals surface area contributed by atoms with Crippen LogP contribution in [-0.2, 0) is 4.74 Å². The van der Waals surface area contributed by atoms with Gasteiger partial charge in [0.2, 0.25) is 0 Å². The molecule has 10 heavy (non-hydrogen) atoms. The molecule has 0 aromatic heterocycles. The van der Waals surface area contributed by atoms with Gasteiger partial charge in [0.25, 0.3) is 0 Å². The van der Waals surface area contributed by atoms with Crippen molar-refractivity contribution < 1.29 is 4.74 Å². The average Bonchev–Trinajstić information content (AvgIpc) is 2.38. The second kappa shape index (κ2) is 3.43. The van der Waals surface area contributed by atoms with Crippen molar-refractivity contribution in [2.45, 2.75) is 12.5 Å². The largest absolute Gasteiger partial charge is 0.403 e. The summed E-state index contributed by atoms with van der Waals surface area (Å²) in [5.74, 6) is 5.58. The Bertz CT molecular complexity index is 120. The van der Waals surface area contributed by atoms with Crippen molar-refractivity contribution >= 4 is 0 Å². The van der Waals surface area contributed by atoms with Crippen LogP contribution in [0.3, 0.4) is 0 Å². The molecule has 0 aliphatic carbocycles. The Morgan fingerprint density at radius 1 is 1.60 bits per heavy atom. The van der Waals surface area contributed by atoms with Crippen LogP contribution in [0.4, 0.5) is 0 Å².